The van der Waals surface area contributed by atoms with Crippen LogP contribution in [0.3, 0.4) is 0 Å². The molecule has 0 radical (unpaired) electrons. The molecule has 1 aromatic heterocycles. The van der Waals surface area contributed by atoms with Crippen molar-refractivity contribution >= 4 is 34.2 Å². The molecular weight excluding hydrogens is 373 g/mol. The summed E-state index contributed by atoms with van der Waals surface area (Å²) in [5.41, 5.74) is 2.11. The van der Waals surface area contributed by atoms with Gasteiger partial charge in [0.15, 0.2) is 0 Å². The van der Waals surface area contributed by atoms with Gasteiger partial charge in [0.1, 0.15) is 0 Å². The van der Waals surface area contributed by atoms with Crippen LogP contribution in [-0.4, -0.2) is 16.3 Å². The van der Waals surface area contributed by atoms with E-state index in [1.807, 2.05) is 23.1 Å². The smallest absolute Gasteiger partial charge is 0.0661 e. The normalized spacial score (nSPS) is 12.6. The first-order valence-electron chi connectivity index (χ1n) is 6.35. The van der Waals surface area contributed by atoms with Gasteiger partial charge in [0, 0.05) is 17.3 Å². The van der Waals surface area contributed by atoms with Crippen LogP contribution >= 0.6 is 34.2 Å². The van der Waals surface area contributed by atoms with Gasteiger partial charge < -0.3 is 5.32 Å². The first-order valence-corrected chi connectivity index (χ1v) is 7.81. The Morgan fingerprint density at radius 3 is 2.84 bits per heavy atom. The number of benzene rings is 1. The van der Waals surface area contributed by atoms with E-state index in [0.717, 1.165) is 32.8 Å². The number of aromatic nitrogens is 2. The molecular formula is C14H17ClIN3. The minimum Gasteiger partial charge on any atom is -0.310 e. The number of hydrogen-bond acceptors (Lipinski definition) is 2. The highest BCUT2D eigenvalue weighted by Gasteiger charge is 2.10. The Hall–Kier alpha value is -0.590. The summed E-state index contributed by atoms with van der Waals surface area (Å²) < 4.78 is 2.94. The number of halogens is 2. The molecule has 0 saturated heterocycles. The number of hydrogen-bond donors (Lipinski definition) is 1. The van der Waals surface area contributed by atoms with Crippen LogP contribution in [0.1, 0.15) is 31.9 Å². The van der Waals surface area contributed by atoms with E-state index in [9.17, 15) is 0 Å². The Morgan fingerprint density at radius 2 is 2.26 bits per heavy atom. The summed E-state index contributed by atoms with van der Waals surface area (Å²) in [5, 5.41) is 8.51. The van der Waals surface area contributed by atoms with Crippen molar-refractivity contribution in [3.8, 4) is 5.69 Å². The van der Waals surface area contributed by atoms with Gasteiger partial charge in [-0.1, -0.05) is 24.6 Å². The average molecular weight is 390 g/mol. The van der Waals surface area contributed by atoms with Gasteiger partial charge in [0.2, 0.25) is 0 Å². The summed E-state index contributed by atoms with van der Waals surface area (Å²) in [6, 6.07) is 6.34. The molecule has 102 valence electrons. The molecule has 1 atom stereocenters. The van der Waals surface area contributed by atoms with Crippen molar-refractivity contribution in [3.05, 3.63) is 44.7 Å². The largest absolute Gasteiger partial charge is 0.310 e. The second kappa shape index (κ2) is 6.72. The molecule has 0 spiro atoms. The molecule has 1 aromatic carbocycles. The minimum atomic E-state index is 0.263. The summed E-state index contributed by atoms with van der Waals surface area (Å²) in [7, 11) is 0. The second-order valence-corrected chi connectivity index (χ2v) is 6.14. The Kier molecular flexibility index (Phi) is 5.24. The molecule has 2 rings (SSSR count). The minimum absolute atomic E-state index is 0.263. The van der Waals surface area contributed by atoms with E-state index in [0.29, 0.717) is 0 Å². The highest BCUT2D eigenvalue weighted by Crippen LogP contribution is 2.25. The van der Waals surface area contributed by atoms with Gasteiger partial charge in [-0.15, -0.1) is 0 Å². The molecule has 0 amide bonds. The van der Waals surface area contributed by atoms with Gasteiger partial charge in [-0.3, -0.25) is 0 Å². The van der Waals surface area contributed by atoms with Crippen molar-refractivity contribution in [1.82, 2.24) is 15.1 Å². The molecule has 0 bridgehead atoms. The number of nitrogens with zero attached hydrogens (tertiary/aromatic N) is 2. The van der Waals surface area contributed by atoms with E-state index >= 15 is 0 Å². The van der Waals surface area contributed by atoms with E-state index in [4.69, 9.17) is 11.6 Å². The third kappa shape index (κ3) is 3.70. The molecule has 1 unspecified atom stereocenters. The third-order valence-electron chi connectivity index (χ3n) is 2.97. The van der Waals surface area contributed by atoms with Crippen LogP contribution in [0.15, 0.2) is 30.6 Å². The fourth-order valence-electron chi connectivity index (χ4n) is 1.92. The van der Waals surface area contributed by atoms with E-state index in [1.165, 1.54) is 0 Å². The molecule has 1 heterocycles. The fourth-order valence-corrected chi connectivity index (χ4v) is 2.65. The summed E-state index contributed by atoms with van der Waals surface area (Å²) in [4.78, 5) is 0. The van der Waals surface area contributed by atoms with Crippen molar-refractivity contribution in [2.45, 2.75) is 26.3 Å². The molecule has 2 aromatic rings. The molecule has 0 aliphatic carbocycles. The lowest BCUT2D eigenvalue weighted by molar-refractivity contribution is 0.571. The van der Waals surface area contributed by atoms with Gasteiger partial charge in [-0.05, 0) is 60.2 Å². The van der Waals surface area contributed by atoms with Crippen LogP contribution < -0.4 is 5.32 Å². The first-order chi connectivity index (χ1) is 9.11. The molecule has 0 saturated carbocycles. The lowest BCUT2D eigenvalue weighted by Crippen LogP contribution is -2.19. The highest BCUT2D eigenvalue weighted by molar-refractivity contribution is 14.1. The van der Waals surface area contributed by atoms with E-state index in [-0.39, 0.29) is 6.04 Å². The maximum atomic E-state index is 6.38. The number of nitrogens with one attached hydrogen (secondary N) is 1. The van der Waals surface area contributed by atoms with Gasteiger partial charge in [0.05, 0.1) is 15.5 Å². The van der Waals surface area contributed by atoms with E-state index in [2.05, 4.69) is 59.0 Å². The lowest BCUT2D eigenvalue weighted by atomic mass is 10.1. The van der Waals surface area contributed by atoms with Crippen LogP contribution in [0.25, 0.3) is 5.69 Å². The summed E-state index contributed by atoms with van der Waals surface area (Å²) in [6.07, 6.45) is 4.92. The monoisotopic (exact) mass is 389 g/mol. The summed E-state index contributed by atoms with van der Waals surface area (Å²) >= 11 is 8.62. The predicted molar refractivity (Wildman–Crippen MR) is 88.0 cm³/mol. The SMILES string of the molecule is CCCNC(C)c1ccc(-n2cc(I)cn2)cc1Cl. The van der Waals surface area contributed by atoms with Crippen LogP contribution in [-0.2, 0) is 0 Å². The lowest BCUT2D eigenvalue weighted by Gasteiger charge is -2.16. The van der Waals surface area contributed by atoms with Crippen molar-refractivity contribution < 1.29 is 0 Å². The van der Waals surface area contributed by atoms with Gasteiger partial charge in [0.25, 0.3) is 0 Å². The molecule has 1 N–H and O–H groups in total. The van der Waals surface area contributed by atoms with Gasteiger partial charge in [-0.25, -0.2) is 4.68 Å². The Balaban J connectivity index is 2.21. The first kappa shape index (κ1) is 14.8. The zero-order valence-corrected chi connectivity index (χ0v) is 13.9. The topological polar surface area (TPSA) is 29.9 Å². The van der Waals surface area contributed by atoms with Crippen LogP contribution in [0.5, 0.6) is 0 Å². The van der Waals surface area contributed by atoms with Gasteiger partial charge >= 0.3 is 0 Å². The zero-order valence-electron chi connectivity index (χ0n) is 11.0. The quantitative estimate of drug-likeness (QED) is 0.777. The Labute approximate surface area is 132 Å². The molecule has 0 fully saturated rings. The van der Waals surface area contributed by atoms with Crippen LogP contribution in [0, 0.1) is 3.57 Å². The molecule has 0 aliphatic heterocycles. The maximum Gasteiger partial charge on any atom is 0.0661 e. The molecule has 5 heteroatoms. The van der Waals surface area contributed by atoms with Crippen LogP contribution in [0.2, 0.25) is 5.02 Å². The second-order valence-electron chi connectivity index (χ2n) is 4.48. The number of rotatable bonds is 5. The van der Waals surface area contributed by atoms with Crippen molar-refractivity contribution in [2.24, 2.45) is 0 Å². The Bertz CT molecular complexity index is 553. The highest BCUT2D eigenvalue weighted by atomic mass is 127. The van der Waals surface area contributed by atoms with E-state index < -0.39 is 0 Å². The maximum absolute atomic E-state index is 6.38. The Morgan fingerprint density at radius 1 is 1.47 bits per heavy atom. The van der Waals surface area contributed by atoms with Crippen LogP contribution in [0.4, 0.5) is 0 Å². The third-order valence-corrected chi connectivity index (χ3v) is 3.85. The molecule has 3 nitrogen and oxygen atoms in total. The molecule has 0 aliphatic rings. The zero-order chi connectivity index (χ0) is 13.8. The fraction of sp³-hybridized carbons (Fsp3) is 0.357. The standard InChI is InChI=1S/C14H17ClIN3/c1-3-6-17-10(2)13-5-4-12(7-14(13)15)19-9-11(16)8-18-19/h4-5,7-10,17H,3,6H2,1-2H3. The van der Waals surface area contributed by atoms with Crippen molar-refractivity contribution in [1.29, 1.82) is 0 Å². The average Bonchev–Trinajstić information content (AvgIpc) is 2.82. The van der Waals surface area contributed by atoms with Gasteiger partial charge in [-0.2, -0.15) is 5.10 Å². The molecule has 19 heavy (non-hydrogen) atoms. The summed E-state index contributed by atoms with van der Waals surface area (Å²) in [5.74, 6) is 0. The van der Waals surface area contributed by atoms with Crippen molar-refractivity contribution in [3.63, 3.8) is 0 Å². The predicted octanol–water partition coefficient (Wildman–Crippen LogP) is 4.19. The summed E-state index contributed by atoms with van der Waals surface area (Å²) in [6.45, 7) is 5.29. The van der Waals surface area contributed by atoms with E-state index in [1.54, 1.807) is 0 Å². The van der Waals surface area contributed by atoms with Crippen molar-refractivity contribution in [2.75, 3.05) is 6.54 Å².